The van der Waals surface area contributed by atoms with E-state index in [0.717, 1.165) is 31.4 Å². The highest BCUT2D eigenvalue weighted by molar-refractivity contribution is 5.79. The number of hydrogen-bond donors (Lipinski definition) is 2. The minimum absolute atomic E-state index is 0.00563. The molecule has 5 heteroatoms. The van der Waals surface area contributed by atoms with Crippen molar-refractivity contribution in [1.29, 1.82) is 0 Å². The van der Waals surface area contributed by atoms with Crippen molar-refractivity contribution in [3.8, 4) is 0 Å². The SMILES string of the molecule is CN(C)C(CNC(=O)C1CCCCCC1N)c1ccco1. The Kier molecular flexibility index (Phi) is 5.82. The van der Waals surface area contributed by atoms with Crippen molar-refractivity contribution in [3.63, 3.8) is 0 Å². The summed E-state index contributed by atoms with van der Waals surface area (Å²) in [6.07, 6.45) is 6.94. The molecular formula is C16H27N3O2. The van der Waals surface area contributed by atoms with Crippen LogP contribution in [0.4, 0.5) is 0 Å². The van der Waals surface area contributed by atoms with Crippen LogP contribution < -0.4 is 11.1 Å². The molecular weight excluding hydrogens is 266 g/mol. The van der Waals surface area contributed by atoms with E-state index in [1.165, 1.54) is 6.42 Å². The number of nitrogens with zero attached hydrogens (tertiary/aromatic N) is 1. The van der Waals surface area contributed by atoms with E-state index >= 15 is 0 Å². The predicted octanol–water partition coefficient (Wildman–Crippen LogP) is 1.91. The topological polar surface area (TPSA) is 71.5 Å². The predicted molar refractivity (Wildman–Crippen MR) is 82.7 cm³/mol. The molecule has 0 aromatic carbocycles. The number of carbonyl (C=O) groups is 1. The van der Waals surface area contributed by atoms with E-state index < -0.39 is 0 Å². The zero-order valence-electron chi connectivity index (χ0n) is 13.0. The van der Waals surface area contributed by atoms with Crippen molar-refractivity contribution in [2.45, 2.75) is 44.2 Å². The molecule has 0 radical (unpaired) electrons. The molecule has 1 aliphatic carbocycles. The van der Waals surface area contributed by atoms with Gasteiger partial charge in [-0.2, -0.15) is 0 Å². The Morgan fingerprint density at radius 1 is 1.43 bits per heavy atom. The lowest BCUT2D eigenvalue weighted by atomic mass is 9.94. The van der Waals surface area contributed by atoms with E-state index in [2.05, 4.69) is 5.32 Å². The molecule has 1 fully saturated rings. The average Bonchev–Trinajstić information content (AvgIpc) is 2.87. The molecule has 3 atom stereocenters. The van der Waals surface area contributed by atoms with E-state index in [1.54, 1.807) is 6.26 Å². The van der Waals surface area contributed by atoms with Gasteiger partial charge < -0.3 is 15.5 Å². The summed E-state index contributed by atoms with van der Waals surface area (Å²) in [4.78, 5) is 14.5. The van der Waals surface area contributed by atoms with Gasteiger partial charge in [-0.25, -0.2) is 0 Å². The summed E-state index contributed by atoms with van der Waals surface area (Å²) in [7, 11) is 3.97. The quantitative estimate of drug-likeness (QED) is 0.814. The van der Waals surface area contributed by atoms with Crippen LogP contribution in [0.2, 0.25) is 0 Å². The first-order valence-electron chi connectivity index (χ1n) is 7.82. The summed E-state index contributed by atoms with van der Waals surface area (Å²) < 4.78 is 5.46. The lowest BCUT2D eigenvalue weighted by Crippen LogP contribution is -2.43. The first-order valence-corrected chi connectivity index (χ1v) is 7.82. The normalized spacial score (nSPS) is 24.6. The highest BCUT2D eigenvalue weighted by Gasteiger charge is 2.28. The highest BCUT2D eigenvalue weighted by Crippen LogP contribution is 2.23. The van der Waals surface area contributed by atoms with E-state index in [-0.39, 0.29) is 23.9 Å². The number of likely N-dealkylation sites (N-methyl/N-ethyl adjacent to an activating group) is 1. The largest absolute Gasteiger partial charge is 0.468 e. The third-order valence-electron chi connectivity index (χ3n) is 4.37. The lowest BCUT2D eigenvalue weighted by Gasteiger charge is -2.25. The van der Waals surface area contributed by atoms with Gasteiger partial charge in [0.05, 0.1) is 18.2 Å². The first kappa shape index (κ1) is 16.0. The molecule has 0 saturated heterocycles. The number of rotatable bonds is 5. The van der Waals surface area contributed by atoms with Gasteiger partial charge >= 0.3 is 0 Å². The van der Waals surface area contributed by atoms with Gasteiger partial charge in [0.25, 0.3) is 0 Å². The molecule has 0 aliphatic heterocycles. The third kappa shape index (κ3) is 4.32. The van der Waals surface area contributed by atoms with Gasteiger partial charge in [0.15, 0.2) is 0 Å². The van der Waals surface area contributed by atoms with Crippen LogP contribution in [0.1, 0.15) is 43.9 Å². The van der Waals surface area contributed by atoms with Crippen LogP contribution in [0.3, 0.4) is 0 Å². The second-order valence-electron chi connectivity index (χ2n) is 6.15. The fraction of sp³-hybridized carbons (Fsp3) is 0.688. The van der Waals surface area contributed by atoms with Crippen LogP contribution in [-0.2, 0) is 4.79 Å². The maximum Gasteiger partial charge on any atom is 0.224 e. The molecule has 1 saturated carbocycles. The van der Waals surface area contributed by atoms with Gasteiger partial charge in [-0.3, -0.25) is 9.69 Å². The Hall–Kier alpha value is -1.33. The number of furan rings is 1. The van der Waals surface area contributed by atoms with Crippen molar-refractivity contribution in [1.82, 2.24) is 10.2 Å². The van der Waals surface area contributed by atoms with Gasteiger partial charge in [-0.15, -0.1) is 0 Å². The fourth-order valence-electron chi connectivity index (χ4n) is 3.01. The third-order valence-corrected chi connectivity index (χ3v) is 4.37. The van der Waals surface area contributed by atoms with Gasteiger partial charge in [0.2, 0.25) is 5.91 Å². The van der Waals surface area contributed by atoms with E-state index in [1.807, 2.05) is 31.1 Å². The van der Waals surface area contributed by atoms with Crippen LogP contribution in [0, 0.1) is 5.92 Å². The Balaban J connectivity index is 1.92. The number of nitrogens with one attached hydrogen (secondary N) is 1. The molecule has 3 unspecified atom stereocenters. The summed E-state index contributed by atoms with van der Waals surface area (Å²) in [6.45, 7) is 0.544. The van der Waals surface area contributed by atoms with Crippen LogP contribution in [-0.4, -0.2) is 37.5 Å². The number of carbonyl (C=O) groups excluding carboxylic acids is 1. The van der Waals surface area contributed by atoms with Crippen molar-refractivity contribution in [3.05, 3.63) is 24.2 Å². The van der Waals surface area contributed by atoms with Gasteiger partial charge in [0.1, 0.15) is 5.76 Å². The Bertz CT molecular complexity index is 431. The molecule has 1 heterocycles. The fourth-order valence-corrected chi connectivity index (χ4v) is 3.01. The van der Waals surface area contributed by atoms with Crippen molar-refractivity contribution in [2.75, 3.05) is 20.6 Å². The summed E-state index contributed by atoms with van der Waals surface area (Å²) >= 11 is 0. The molecule has 1 amide bonds. The molecule has 1 aromatic heterocycles. The minimum Gasteiger partial charge on any atom is -0.468 e. The molecule has 1 aliphatic rings. The van der Waals surface area contributed by atoms with Crippen molar-refractivity contribution >= 4 is 5.91 Å². The zero-order valence-corrected chi connectivity index (χ0v) is 13.0. The van der Waals surface area contributed by atoms with E-state index in [0.29, 0.717) is 6.54 Å². The number of nitrogens with two attached hydrogens (primary N) is 1. The van der Waals surface area contributed by atoms with E-state index in [4.69, 9.17) is 10.2 Å². The summed E-state index contributed by atoms with van der Waals surface area (Å²) in [6, 6.07) is 3.85. The van der Waals surface area contributed by atoms with Crippen molar-refractivity contribution < 1.29 is 9.21 Å². The zero-order chi connectivity index (χ0) is 15.2. The van der Waals surface area contributed by atoms with Gasteiger partial charge in [0, 0.05) is 12.6 Å². The molecule has 118 valence electrons. The average molecular weight is 293 g/mol. The lowest BCUT2D eigenvalue weighted by molar-refractivity contribution is -0.126. The first-order chi connectivity index (χ1) is 10.1. The van der Waals surface area contributed by atoms with Crippen molar-refractivity contribution in [2.24, 2.45) is 11.7 Å². The molecule has 0 bridgehead atoms. The van der Waals surface area contributed by atoms with Crippen LogP contribution in [0.5, 0.6) is 0 Å². The monoisotopic (exact) mass is 293 g/mol. The Morgan fingerprint density at radius 2 is 2.19 bits per heavy atom. The Labute approximate surface area is 126 Å². The Morgan fingerprint density at radius 3 is 2.86 bits per heavy atom. The molecule has 0 spiro atoms. The number of hydrogen-bond acceptors (Lipinski definition) is 4. The molecule has 2 rings (SSSR count). The summed E-state index contributed by atoms with van der Waals surface area (Å²) in [5.41, 5.74) is 6.15. The maximum atomic E-state index is 12.4. The van der Waals surface area contributed by atoms with Gasteiger partial charge in [-0.05, 0) is 39.1 Å². The number of amides is 1. The summed E-state index contributed by atoms with van der Waals surface area (Å²) in [5.74, 6) is 0.903. The molecule has 1 aromatic rings. The highest BCUT2D eigenvalue weighted by atomic mass is 16.3. The molecule has 3 N–H and O–H groups in total. The molecule has 21 heavy (non-hydrogen) atoms. The van der Waals surface area contributed by atoms with Crippen LogP contribution >= 0.6 is 0 Å². The minimum atomic E-state index is -0.0492. The molecule has 5 nitrogen and oxygen atoms in total. The second-order valence-corrected chi connectivity index (χ2v) is 6.15. The van der Waals surface area contributed by atoms with E-state index in [9.17, 15) is 4.79 Å². The van der Waals surface area contributed by atoms with Crippen LogP contribution in [0.15, 0.2) is 22.8 Å². The smallest absolute Gasteiger partial charge is 0.224 e. The van der Waals surface area contributed by atoms with Gasteiger partial charge in [-0.1, -0.05) is 19.3 Å². The maximum absolute atomic E-state index is 12.4. The standard InChI is InChI=1S/C16H27N3O2/c1-19(2)14(15-9-6-10-21-15)11-18-16(20)12-7-4-3-5-8-13(12)17/h6,9-10,12-14H,3-5,7-8,11,17H2,1-2H3,(H,18,20). The van der Waals surface area contributed by atoms with Crippen LogP contribution in [0.25, 0.3) is 0 Å². The summed E-state index contributed by atoms with van der Waals surface area (Å²) in [5, 5.41) is 3.06. The second kappa shape index (κ2) is 7.61.